The Labute approximate surface area is 185 Å². The lowest BCUT2D eigenvalue weighted by molar-refractivity contribution is -0.150. The summed E-state index contributed by atoms with van der Waals surface area (Å²) in [7, 11) is 0. The van der Waals surface area contributed by atoms with Crippen molar-refractivity contribution in [1.29, 1.82) is 0 Å². The topological polar surface area (TPSA) is 101 Å². The van der Waals surface area contributed by atoms with Crippen molar-refractivity contribution >= 4 is 44.9 Å². The highest BCUT2D eigenvalue weighted by atomic mass is 32.1. The first-order chi connectivity index (χ1) is 14.7. The molecule has 0 saturated carbocycles. The molecule has 4 rings (SSSR count). The summed E-state index contributed by atoms with van der Waals surface area (Å²) >= 11 is 1.47. The van der Waals surface area contributed by atoms with Gasteiger partial charge in [0.1, 0.15) is 5.82 Å². The molecule has 1 aliphatic rings. The van der Waals surface area contributed by atoms with Crippen LogP contribution in [0, 0.1) is 19.8 Å². The first-order valence-corrected chi connectivity index (χ1v) is 11.2. The molecule has 0 unspecified atom stereocenters. The third kappa shape index (κ3) is 3.87. The van der Waals surface area contributed by atoms with Crippen molar-refractivity contribution in [2.75, 3.05) is 17.6 Å². The van der Waals surface area contributed by atoms with Gasteiger partial charge < -0.3 is 16.0 Å². The number of pyridine rings is 1. The van der Waals surface area contributed by atoms with E-state index in [0.29, 0.717) is 24.0 Å². The number of likely N-dealkylation sites (tertiary alicyclic amines) is 1. The van der Waals surface area contributed by atoms with Gasteiger partial charge in [0.2, 0.25) is 0 Å². The molecule has 0 bridgehead atoms. The van der Waals surface area contributed by atoms with Crippen LogP contribution >= 0.6 is 11.5 Å². The van der Waals surface area contributed by atoms with Crippen LogP contribution in [-0.2, 0) is 15.1 Å². The fraction of sp³-hybridized carbons (Fsp3) is 0.391. The minimum absolute atomic E-state index is 0.318. The molecule has 31 heavy (non-hydrogen) atoms. The largest absolute Gasteiger partial charge is 0.383 e. The second kappa shape index (κ2) is 7.92. The number of hydrogen-bond acceptors (Lipinski definition) is 6. The zero-order chi connectivity index (χ0) is 22.3. The summed E-state index contributed by atoms with van der Waals surface area (Å²) < 4.78 is 5.56. The number of carbonyl (C=O) groups is 2. The molecule has 8 heteroatoms. The summed E-state index contributed by atoms with van der Waals surface area (Å²) in [6.45, 7) is 8.49. The number of aryl methyl sites for hydroxylation is 2. The summed E-state index contributed by atoms with van der Waals surface area (Å²) in [5.74, 6) is -0.488. The maximum absolute atomic E-state index is 13.3. The molecule has 3 heterocycles. The van der Waals surface area contributed by atoms with Crippen molar-refractivity contribution in [3.05, 3.63) is 47.3 Å². The third-order valence-electron chi connectivity index (χ3n) is 6.30. The summed E-state index contributed by atoms with van der Waals surface area (Å²) in [5, 5.41) is 3.79. The van der Waals surface area contributed by atoms with Crippen molar-refractivity contribution < 1.29 is 9.59 Å². The number of nitrogens with zero attached hydrogens (tertiary/aromatic N) is 3. The molecule has 1 aliphatic heterocycles. The Morgan fingerprint density at radius 3 is 2.81 bits per heavy atom. The van der Waals surface area contributed by atoms with E-state index < -0.39 is 17.4 Å². The minimum atomic E-state index is -0.666. The Morgan fingerprint density at radius 2 is 2.06 bits per heavy atom. The second-order valence-electron chi connectivity index (χ2n) is 8.69. The predicted molar refractivity (Wildman–Crippen MR) is 124 cm³/mol. The standard InChI is InChI=1S/C23H27N5O2S/c1-13-7-8-23(4,16-5-6-19-18(10-16)15(3)27-31-19)28(12-13)22(30)21(29)26-17-9-14(2)20(24)25-11-17/h5-6,9-11,13H,7-8,12H2,1-4H3,(H2,24,25)(H,26,29)/t13-,23-/m0/s1. The molecule has 1 saturated heterocycles. The maximum Gasteiger partial charge on any atom is 0.313 e. The molecule has 0 radical (unpaired) electrons. The Bertz CT molecular complexity index is 1170. The Hall–Kier alpha value is -3.00. The van der Waals surface area contributed by atoms with Crippen molar-refractivity contribution in [2.24, 2.45) is 5.92 Å². The van der Waals surface area contributed by atoms with E-state index in [1.807, 2.05) is 6.92 Å². The van der Waals surface area contributed by atoms with Gasteiger partial charge in [-0.15, -0.1) is 0 Å². The van der Waals surface area contributed by atoms with Crippen LogP contribution in [0.4, 0.5) is 11.5 Å². The fourth-order valence-electron chi connectivity index (χ4n) is 4.23. The van der Waals surface area contributed by atoms with E-state index in [9.17, 15) is 9.59 Å². The van der Waals surface area contributed by atoms with Crippen LogP contribution in [0.3, 0.4) is 0 Å². The number of rotatable bonds is 2. The van der Waals surface area contributed by atoms with Crippen molar-refractivity contribution in [2.45, 2.75) is 46.1 Å². The number of fused-ring (bicyclic) bond motifs is 1. The average molecular weight is 438 g/mol. The molecule has 7 nitrogen and oxygen atoms in total. The second-order valence-corrected chi connectivity index (χ2v) is 9.50. The monoisotopic (exact) mass is 437 g/mol. The molecule has 3 aromatic rings. The van der Waals surface area contributed by atoms with Crippen LogP contribution in [0.2, 0.25) is 0 Å². The number of hydrogen-bond donors (Lipinski definition) is 2. The van der Waals surface area contributed by atoms with Gasteiger partial charge in [-0.05, 0) is 80.4 Å². The van der Waals surface area contributed by atoms with Crippen LogP contribution < -0.4 is 11.1 Å². The van der Waals surface area contributed by atoms with Crippen molar-refractivity contribution in [1.82, 2.24) is 14.3 Å². The third-order valence-corrected chi connectivity index (χ3v) is 7.22. The number of piperidine rings is 1. The lowest BCUT2D eigenvalue weighted by atomic mass is 9.78. The highest BCUT2D eigenvalue weighted by molar-refractivity contribution is 7.13. The zero-order valence-corrected chi connectivity index (χ0v) is 19.0. The lowest BCUT2D eigenvalue weighted by Crippen LogP contribution is -2.55. The van der Waals surface area contributed by atoms with E-state index in [4.69, 9.17) is 5.73 Å². The van der Waals surface area contributed by atoms with E-state index >= 15 is 0 Å². The van der Waals surface area contributed by atoms with Crippen molar-refractivity contribution in [3.63, 3.8) is 0 Å². The number of carbonyl (C=O) groups excluding carboxylic acids is 2. The van der Waals surface area contributed by atoms with Gasteiger partial charge in [-0.25, -0.2) is 4.98 Å². The van der Waals surface area contributed by atoms with Crippen molar-refractivity contribution in [3.8, 4) is 0 Å². The lowest BCUT2D eigenvalue weighted by Gasteiger charge is -2.47. The van der Waals surface area contributed by atoms with E-state index in [0.717, 1.165) is 39.7 Å². The molecule has 0 aliphatic carbocycles. The smallest absolute Gasteiger partial charge is 0.313 e. The van der Waals surface area contributed by atoms with Gasteiger partial charge in [0.15, 0.2) is 0 Å². The molecule has 3 N–H and O–H groups in total. The van der Waals surface area contributed by atoms with Gasteiger partial charge in [0.05, 0.1) is 27.8 Å². The molecule has 0 spiro atoms. The highest BCUT2D eigenvalue weighted by Gasteiger charge is 2.43. The van der Waals surface area contributed by atoms with Crippen LogP contribution in [0.15, 0.2) is 30.5 Å². The molecular weight excluding hydrogens is 410 g/mol. The van der Waals surface area contributed by atoms with Crippen LogP contribution in [0.5, 0.6) is 0 Å². The summed E-state index contributed by atoms with van der Waals surface area (Å²) in [5.41, 5.74) is 8.39. The summed E-state index contributed by atoms with van der Waals surface area (Å²) in [4.78, 5) is 32.0. The molecule has 2 amide bonds. The van der Waals surface area contributed by atoms with E-state index in [-0.39, 0.29) is 0 Å². The Morgan fingerprint density at radius 1 is 1.29 bits per heavy atom. The molecule has 2 aromatic heterocycles. The first kappa shape index (κ1) is 21.2. The Kier molecular flexibility index (Phi) is 5.43. The van der Waals surface area contributed by atoms with Gasteiger partial charge in [0, 0.05) is 11.9 Å². The average Bonchev–Trinajstić information content (AvgIpc) is 3.12. The van der Waals surface area contributed by atoms with E-state index in [2.05, 4.69) is 46.7 Å². The maximum atomic E-state index is 13.3. The number of aromatic nitrogens is 2. The summed E-state index contributed by atoms with van der Waals surface area (Å²) in [6.07, 6.45) is 3.24. The van der Waals surface area contributed by atoms with Crippen LogP contribution in [-0.4, -0.2) is 32.6 Å². The predicted octanol–water partition coefficient (Wildman–Crippen LogP) is 4.00. The number of nitrogen functional groups attached to an aromatic ring is 1. The minimum Gasteiger partial charge on any atom is -0.383 e. The molecule has 1 fully saturated rings. The number of amides is 2. The van der Waals surface area contributed by atoms with Gasteiger partial charge in [-0.1, -0.05) is 13.0 Å². The Balaban J connectivity index is 1.65. The fourth-order valence-corrected chi connectivity index (χ4v) is 5.00. The normalized spacial score (nSPS) is 21.3. The summed E-state index contributed by atoms with van der Waals surface area (Å²) in [6, 6.07) is 7.95. The highest BCUT2D eigenvalue weighted by Crippen LogP contribution is 2.41. The number of nitrogens with one attached hydrogen (secondary N) is 1. The van der Waals surface area contributed by atoms with Crippen LogP contribution in [0.25, 0.3) is 10.1 Å². The molecule has 2 atom stereocenters. The number of benzene rings is 1. The van der Waals surface area contributed by atoms with Gasteiger partial charge in [-0.3, -0.25) is 9.59 Å². The van der Waals surface area contributed by atoms with Gasteiger partial charge in [0.25, 0.3) is 0 Å². The first-order valence-electron chi connectivity index (χ1n) is 10.4. The SMILES string of the molecule is Cc1cc(NC(=O)C(=O)N2C[C@@H](C)CC[C@@]2(C)c2ccc3snc(C)c3c2)cnc1N. The zero-order valence-electron chi connectivity index (χ0n) is 18.2. The number of nitrogens with two attached hydrogens (primary N) is 1. The quantitative estimate of drug-likeness (QED) is 0.590. The van der Waals surface area contributed by atoms with E-state index in [1.165, 1.54) is 17.7 Å². The number of anilines is 2. The molecule has 1 aromatic carbocycles. The van der Waals surface area contributed by atoms with Gasteiger partial charge in [-0.2, -0.15) is 4.37 Å². The van der Waals surface area contributed by atoms with Crippen LogP contribution in [0.1, 0.15) is 43.5 Å². The molecular formula is C23H27N5O2S. The van der Waals surface area contributed by atoms with Gasteiger partial charge >= 0.3 is 11.8 Å². The van der Waals surface area contributed by atoms with E-state index in [1.54, 1.807) is 17.9 Å². The molecule has 162 valence electrons.